The second kappa shape index (κ2) is 7.72. The first-order valence-corrected chi connectivity index (χ1v) is 11.7. The molecule has 156 valence electrons. The number of rotatable bonds is 3. The quantitative estimate of drug-likeness (QED) is 0.323. The number of aromatic hydroxyl groups is 1. The number of halogens is 1. The van der Waals surface area contributed by atoms with E-state index < -0.39 is 0 Å². The van der Waals surface area contributed by atoms with Gasteiger partial charge in [-0.2, -0.15) is 0 Å². The number of fused-ring (bicyclic) bond motifs is 3. The predicted molar refractivity (Wildman–Crippen MR) is 132 cm³/mol. The molecular formula is C28H26BrNO. The van der Waals surface area contributed by atoms with E-state index in [1.165, 1.54) is 44.8 Å². The van der Waals surface area contributed by atoms with Crippen LogP contribution in [0.25, 0.3) is 28.1 Å². The zero-order chi connectivity index (χ0) is 21.7. The number of benzene rings is 3. The van der Waals surface area contributed by atoms with Crippen LogP contribution in [0.5, 0.6) is 5.75 Å². The van der Waals surface area contributed by atoms with E-state index >= 15 is 0 Å². The summed E-state index contributed by atoms with van der Waals surface area (Å²) in [6.45, 7) is 6.68. The molecule has 2 nitrogen and oxygen atoms in total. The average molecular weight is 472 g/mol. The lowest BCUT2D eigenvalue weighted by atomic mass is 9.83. The Kier molecular flexibility index (Phi) is 5.02. The standard InChI is InChI=1S/C28H26BrNO/c1-17(2)21-9-6-7-11-24(21)28-27-22(14-12-19-8-4-5-10-23(19)27)18(3)30(28)25-15-13-20(29)16-26(25)31/h4-11,13,15-17,31H,12,14H2,1-3H3. The molecule has 0 atom stereocenters. The molecule has 31 heavy (non-hydrogen) atoms. The van der Waals surface area contributed by atoms with Crippen LogP contribution in [0, 0.1) is 6.92 Å². The number of aromatic nitrogens is 1. The van der Waals surface area contributed by atoms with E-state index in [9.17, 15) is 5.11 Å². The smallest absolute Gasteiger partial charge is 0.140 e. The molecular weight excluding hydrogens is 446 g/mol. The van der Waals surface area contributed by atoms with Gasteiger partial charge in [0, 0.05) is 21.3 Å². The minimum absolute atomic E-state index is 0.279. The lowest BCUT2D eigenvalue weighted by Gasteiger charge is -2.21. The molecule has 1 aliphatic carbocycles. The molecule has 3 aromatic carbocycles. The molecule has 5 rings (SSSR count). The second-order valence-electron chi connectivity index (χ2n) is 8.66. The van der Waals surface area contributed by atoms with Gasteiger partial charge >= 0.3 is 0 Å². The van der Waals surface area contributed by atoms with Gasteiger partial charge in [-0.25, -0.2) is 0 Å². The van der Waals surface area contributed by atoms with E-state index in [0.717, 1.165) is 23.0 Å². The van der Waals surface area contributed by atoms with E-state index in [2.05, 4.69) is 89.8 Å². The average Bonchev–Trinajstić information content (AvgIpc) is 3.06. The van der Waals surface area contributed by atoms with Crippen LogP contribution in [0.1, 0.15) is 42.1 Å². The second-order valence-corrected chi connectivity index (χ2v) is 9.57. The van der Waals surface area contributed by atoms with Gasteiger partial charge in [-0.05, 0) is 66.1 Å². The molecule has 1 aliphatic rings. The van der Waals surface area contributed by atoms with E-state index in [4.69, 9.17) is 0 Å². The molecule has 0 aliphatic heterocycles. The van der Waals surface area contributed by atoms with Gasteiger partial charge in [0.25, 0.3) is 0 Å². The van der Waals surface area contributed by atoms with Gasteiger partial charge < -0.3 is 9.67 Å². The largest absolute Gasteiger partial charge is 0.506 e. The number of phenolic OH excluding ortho intramolecular Hbond substituents is 1. The summed E-state index contributed by atoms with van der Waals surface area (Å²) in [4.78, 5) is 0. The molecule has 0 amide bonds. The first-order chi connectivity index (χ1) is 15.0. The summed E-state index contributed by atoms with van der Waals surface area (Å²) in [7, 11) is 0. The van der Waals surface area contributed by atoms with E-state index in [0.29, 0.717) is 5.92 Å². The fourth-order valence-corrected chi connectivity index (χ4v) is 5.38. The van der Waals surface area contributed by atoms with Crippen molar-refractivity contribution in [2.45, 2.75) is 39.5 Å². The van der Waals surface area contributed by atoms with Crippen LogP contribution < -0.4 is 0 Å². The summed E-state index contributed by atoms with van der Waals surface area (Å²) in [5.74, 6) is 0.675. The Hall–Kier alpha value is -2.78. The van der Waals surface area contributed by atoms with E-state index in [-0.39, 0.29) is 5.75 Å². The fraction of sp³-hybridized carbons (Fsp3) is 0.214. The van der Waals surface area contributed by atoms with Crippen LogP contribution >= 0.6 is 15.9 Å². The maximum atomic E-state index is 10.9. The summed E-state index contributed by atoms with van der Waals surface area (Å²) in [6.07, 6.45) is 2.06. The summed E-state index contributed by atoms with van der Waals surface area (Å²) in [5.41, 5.74) is 11.2. The summed E-state index contributed by atoms with van der Waals surface area (Å²) < 4.78 is 3.15. The summed E-state index contributed by atoms with van der Waals surface area (Å²) in [5, 5.41) is 10.9. The molecule has 0 radical (unpaired) electrons. The van der Waals surface area contributed by atoms with Crippen molar-refractivity contribution in [1.82, 2.24) is 4.57 Å². The number of phenols is 1. The highest BCUT2D eigenvalue weighted by atomic mass is 79.9. The molecule has 3 heteroatoms. The monoisotopic (exact) mass is 471 g/mol. The third-order valence-electron chi connectivity index (χ3n) is 6.48. The maximum absolute atomic E-state index is 10.9. The fourth-order valence-electron chi connectivity index (χ4n) is 5.03. The van der Waals surface area contributed by atoms with Gasteiger partial charge in [0.2, 0.25) is 0 Å². The zero-order valence-electron chi connectivity index (χ0n) is 18.1. The molecule has 0 saturated heterocycles. The number of hydrogen-bond acceptors (Lipinski definition) is 1. The van der Waals surface area contributed by atoms with Crippen LogP contribution in [-0.4, -0.2) is 9.67 Å². The molecule has 1 aromatic heterocycles. The topological polar surface area (TPSA) is 25.2 Å². The van der Waals surface area contributed by atoms with Crippen molar-refractivity contribution in [2.75, 3.05) is 0 Å². The van der Waals surface area contributed by atoms with Gasteiger partial charge in [0.15, 0.2) is 0 Å². The van der Waals surface area contributed by atoms with Crippen molar-refractivity contribution in [3.63, 3.8) is 0 Å². The van der Waals surface area contributed by atoms with Crippen LogP contribution in [0.15, 0.2) is 71.2 Å². The molecule has 0 spiro atoms. The van der Waals surface area contributed by atoms with Crippen LogP contribution in [0.4, 0.5) is 0 Å². The van der Waals surface area contributed by atoms with Gasteiger partial charge in [-0.15, -0.1) is 0 Å². The summed E-state index contributed by atoms with van der Waals surface area (Å²) in [6, 6.07) is 23.3. The van der Waals surface area contributed by atoms with Crippen molar-refractivity contribution in [1.29, 1.82) is 0 Å². The summed E-state index contributed by atoms with van der Waals surface area (Å²) >= 11 is 3.49. The Morgan fingerprint density at radius 3 is 2.35 bits per heavy atom. The minimum Gasteiger partial charge on any atom is -0.506 e. The van der Waals surface area contributed by atoms with Crippen molar-refractivity contribution in [3.05, 3.63) is 93.6 Å². The van der Waals surface area contributed by atoms with Gasteiger partial charge in [0.05, 0.1) is 11.4 Å². The SMILES string of the molecule is Cc1c2c(c(-c3ccccc3C(C)C)n1-c1ccc(Br)cc1O)-c1ccccc1CC2. The number of hydrogen-bond donors (Lipinski definition) is 1. The molecule has 0 fully saturated rings. The first-order valence-electron chi connectivity index (χ1n) is 10.9. The van der Waals surface area contributed by atoms with Crippen LogP contribution in [0.2, 0.25) is 0 Å². The lowest BCUT2D eigenvalue weighted by molar-refractivity contribution is 0.471. The Labute approximate surface area is 192 Å². The van der Waals surface area contributed by atoms with Crippen molar-refractivity contribution in [2.24, 2.45) is 0 Å². The van der Waals surface area contributed by atoms with E-state index in [1.807, 2.05) is 12.1 Å². The molecule has 0 bridgehead atoms. The highest BCUT2D eigenvalue weighted by molar-refractivity contribution is 9.10. The Morgan fingerprint density at radius 1 is 0.903 bits per heavy atom. The van der Waals surface area contributed by atoms with Crippen molar-refractivity contribution in [3.8, 4) is 33.8 Å². The molecule has 0 unspecified atom stereocenters. The number of nitrogens with zero attached hydrogens (tertiary/aromatic N) is 1. The normalized spacial score (nSPS) is 12.7. The molecule has 1 heterocycles. The van der Waals surface area contributed by atoms with Crippen LogP contribution in [-0.2, 0) is 12.8 Å². The minimum atomic E-state index is 0.279. The molecule has 4 aromatic rings. The van der Waals surface area contributed by atoms with Gasteiger partial charge in [-0.3, -0.25) is 0 Å². The zero-order valence-corrected chi connectivity index (χ0v) is 19.7. The van der Waals surface area contributed by atoms with Crippen molar-refractivity contribution >= 4 is 15.9 Å². The first kappa shape index (κ1) is 20.1. The van der Waals surface area contributed by atoms with Crippen molar-refractivity contribution < 1.29 is 5.11 Å². The Morgan fingerprint density at radius 2 is 1.61 bits per heavy atom. The Bertz CT molecular complexity index is 1300. The van der Waals surface area contributed by atoms with Crippen LogP contribution in [0.3, 0.4) is 0 Å². The third-order valence-corrected chi connectivity index (χ3v) is 6.97. The predicted octanol–water partition coefficient (Wildman–Crippen LogP) is 7.81. The molecule has 1 N–H and O–H groups in total. The highest BCUT2D eigenvalue weighted by Crippen LogP contribution is 2.47. The highest BCUT2D eigenvalue weighted by Gasteiger charge is 2.29. The third kappa shape index (κ3) is 3.23. The molecule has 0 saturated carbocycles. The maximum Gasteiger partial charge on any atom is 0.140 e. The lowest BCUT2D eigenvalue weighted by Crippen LogP contribution is -2.03. The number of aryl methyl sites for hydroxylation is 1. The van der Waals surface area contributed by atoms with E-state index in [1.54, 1.807) is 6.07 Å². The van der Waals surface area contributed by atoms with Gasteiger partial charge in [-0.1, -0.05) is 78.3 Å². The van der Waals surface area contributed by atoms with Gasteiger partial charge in [0.1, 0.15) is 5.75 Å². The Balaban J connectivity index is 1.93.